The molecule has 192 valence electrons. The van der Waals surface area contributed by atoms with Crippen LogP contribution in [0.4, 0.5) is 5.13 Å². The lowest BCUT2D eigenvalue weighted by Gasteiger charge is -2.34. The van der Waals surface area contributed by atoms with E-state index >= 15 is 0 Å². The summed E-state index contributed by atoms with van der Waals surface area (Å²) >= 11 is 1.77. The maximum absolute atomic E-state index is 12.6. The van der Waals surface area contributed by atoms with E-state index < -0.39 is 0 Å². The van der Waals surface area contributed by atoms with Gasteiger partial charge in [-0.05, 0) is 30.2 Å². The van der Waals surface area contributed by atoms with Gasteiger partial charge in [0, 0.05) is 56.0 Å². The van der Waals surface area contributed by atoms with Crippen LogP contribution in [0.5, 0.6) is 0 Å². The van der Waals surface area contributed by atoms with E-state index in [9.17, 15) is 9.59 Å². The number of anilines is 1. The number of rotatable bonds is 8. The van der Waals surface area contributed by atoms with Gasteiger partial charge in [0.15, 0.2) is 10.9 Å². The van der Waals surface area contributed by atoms with E-state index in [1.165, 1.54) is 10.3 Å². The van der Waals surface area contributed by atoms with Crippen LogP contribution < -0.4 is 10.2 Å². The lowest BCUT2D eigenvalue weighted by atomic mass is 10.0. The molecule has 37 heavy (non-hydrogen) atoms. The van der Waals surface area contributed by atoms with Crippen molar-refractivity contribution in [2.24, 2.45) is 0 Å². The Balaban J connectivity index is 0.00000320. The molecule has 0 bridgehead atoms. The van der Waals surface area contributed by atoms with E-state index in [2.05, 4.69) is 40.2 Å². The van der Waals surface area contributed by atoms with Gasteiger partial charge in [0.05, 0.1) is 10.2 Å². The number of aryl methyl sites for hydroxylation is 1. The van der Waals surface area contributed by atoms with Crippen molar-refractivity contribution in [1.29, 1.82) is 0 Å². The number of thiazole rings is 1. The highest BCUT2D eigenvalue weighted by Gasteiger charge is 2.20. The monoisotopic (exact) mass is 534 g/mol. The van der Waals surface area contributed by atoms with Gasteiger partial charge in [0.25, 0.3) is 5.91 Å². The second kappa shape index (κ2) is 12.3. The van der Waals surface area contributed by atoms with Gasteiger partial charge in [-0.1, -0.05) is 72.9 Å². The Labute approximate surface area is 227 Å². The molecule has 6 nitrogen and oxygen atoms in total. The molecule has 1 aromatic heterocycles. The van der Waals surface area contributed by atoms with Gasteiger partial charge < -0.3 is 10.2 Å². The first-order valence-corrected chi connectivity index (χ1v) is 13.3. The van der Waals surface area contributed by atoms with Crippen LogP contribution in [0.2, 0.25) is 0 Å². The van der Waals surface area contributed by atoms with E-state index in [4.69, 9.17) is 4.98 Å². The Morgan fingerprint density at radius 2 is 1.54 bits per heavy atom. The predicted octanol–water partition coefficient (Wildman–Crippen LogP) is 5.06. The van der Waals surface area contributed by atoms with Crippen LogP contribution in [0.3, 0.4) is 0 Å². The summed E-state index contributed by atoms with van der Waals surface area (Å²) in [5, 5.41) is 4.12. The SMILES string of the molecule is CCc1cccc2sc(N3CCN(CCNC(=O)c4ccc(C(=O)c5ccccc5)cc4)CC3)nc12.Cl. The molecule has 1 fully saturated rings. The van der Waals surface area contributed by atoms with E-state index in [1.54, 1.807) is 47.7 Å². The summed E-state index contributed by atoms with van der Waals surface area (Å²) in [5.41, 5.74) is 4.23. The van der Waals surface area contributed by atoms with Gasteiger partial charge in [-0.2, -0.15) is 0 Å². The van der Waals surface area contributed by atoms with Gasteiger partial charge in [0.2, 0.25) is 0 Å². The molecule has 1 N–H and O–H groups in total. The summed E-state index contributed by atoms with van der Waals surface area (Å²) in [5.74, 6) is -0.160. The van der Waals surface area contributed by atoms with Crippen molar-refractivity contribution >= 4 is 50.8 Å². The van der Waals surface area contributed by atoms with Gasteiger partial charge in [-0.15, -0.1) is 12.4 Å². The van der Waals surface area contributed by atoms with E-state index in [1.807, 2.05) is 18.2 Å². The first-order chi connectivity index (χ1) is 17.6. The van der Waals surface area contributed by atoms with Crippen molar-refractivity contribution in [2.75, 3.05) is 44.2 Å². The molecule has 0 saturated carbocycles. The number of amides is 1. The highest BCUT2D eigenvalue weighted by atomic mass is 35.5. The van der Waals surface area contributed by atoms with Gasteiger partial charge in [-0.25, -0.2) is 4.98 Å². The van der Waals surface area contributed by atoms with Gasteiger partial charge >= 0.3 is 0 Å². The minimum atomic E-state index is -0.117. The first kappa shape index (κ1) is 26.8. The Hall–Kier alpha value is -3.26. The molecule has 1 amide bonds. The van der Waals surface area contributed by atoms with Gasteiger partial charge in [0.1, 0.15) is 0 Å². The molecular formula is C29H31ClN4O2S. The lowest BCUT2D eigenvalue weighted by Crippen LogP contribution is -2.48. The highest BCUT2D eigenvalue weighted by Crippen LogP contribution is 2.31. The van der Waals surface area contributed by atoms with Gasteiger partial charge in [-0.3, -0.25) is 14.5 Å². The Morgan fingerprint density at radius 3 is 2.24 bits per heavy atom. The topological polar surface area (TPSA) is 65.5 Å². The summed E-state index contributed by atoms with van der Waals surface area (Å²) in [6, 6.07) is 22.5. The number of aromatic nitrogens is 1. The molecule has 0 spiro atoms. The third-order valence-corrected chi connectivity index (χ3v) is 7.76. The van der Waals surface area contributed by atoms with Crippen molar-refractivity contribution in [1.82, 2.24) is 15.2 Å². The number of piperazine rings is 1. The maximum Gasteiger partial charge on any atom is 0.251 e. The summed E-state index contributed by atoms with van der Waals surface area (Å²) < 4.78 is 1.26. The smallest absolute Gasteiger partial charge is 0.251 e. The number of fused-ring (bicyclic) bond motifs is 1. The van der Waals surface area contributed by atoms with Crippen LogP contribution in [0, 0.1) is 0 Å². The molecule has 1 aliphatic rings. The third-order valence-electron chi connectivity index (χ3n) is 6.67. The number of benzene rings is 3. The Bertz CT molecular complexity index is 1350. The van der Waals surface area contributed by atoms with E-state index in [-0.39, 0.29) is 24.1 Å². The zero-order chi connectivity index (χ0) is 24.9. The van der Waals surface area contributed by atoms with Crippen molar-refractivity contribution in [3.05, 3.63) is 95.1 Å². The number of carbonyl (C=O) groups is 2. The Kier molecular flexibility index (Phi) is 8.92. The molecule has 0 atom stereocenters. The number of para-hydroxylation sites is 1. The van der Waals surface area contributed by atoms with Crippen LogP contribution in [-0.4, -0.2) is 60.8 Å². The summed E-state index contributed by atoms with van der Waals surface area (Å²) in [4.78, 5) is 34.8. The molecule has 0 aliphatic carbocycles. The number of nitrogens with one attached hydrogen (secondary N) is 1. The molecule has 4 aromatic rings. The quantitative estimate of drug-likeness (QED) is 0.320. The summed E-state index contributed by atoms with van der Waals surface area (Å²) in [7, 11) is 0. The fraction of sp³-hybridized carbons (Fsp3) is 0.276. The molecule has 0 unspecified atom stereocenters. The van der Waals surface area contributed by atoms with Crippen molar-refractivity contribution < 1.29 is 9.59 Å². The van der Waals surface area contributed by atoms with E-state index in [0.717, 1.165) is 49.8 Å². The molecule has 1 saturated heterocycles. The molecular weight excluding hydrogens is 504 g/mol. The zero-order valence-electron chi connectivity index (χ0n) is 20.9. The number of nitrogens with zero attached hydrogens (tertiary/aromatic N) is 3. The number of halogens is 1. The van der Waals surface area contributed by atoms with Crippen molar-refractivity contribution in [3.63, 3.8) is 0 Å². The normalized spacial score (nSPS) is 13.8. The first-order valence-electron chi connectivity index (χ1n) is 12.5. The average Bonchev–Trinajstić information content (AvgIpc) is 3.38. The second-order valence-electron chi connectivity index (χ2n) is 8.97. The van der Waals surface area contributed by atoms with Crippen LogP contribution in [0.25, 0.3) is 10.2 Å². The van der Waals surface area contributed by atoms with Crippen LogP contribution in [-0.2, 0) is 6.42 Å². The predicted molar refractivity (Wildman–Crippen MR) is 154 cm³/mol. The summed E-state index contributed by atoms with van der Waals surface area (Å²) in [6.07, 6.45) is 0.996. The van der Waals surface area contributed by atoms with Crippen molar-refractivity contribution in [3.8, 4) is 0 Å². The van der Waals surface area contributed by atoms with Crippen molar-refractivity contribution in [2.45, 2.75) is 13.3 Å². The second-order valence-corrected chi connectivity index (χ2v) is 9.98. The largest absolute Gasteiger partial charge is 0.351 e. The molecule has 2 heterocycles. The van der Waals surface area contributed by atoms with Crippen LogP contribution in [0.15, 0.2) is 72.8 Å². The Morgan fingerprint density at radius 1 is 0.865 bits per heavy atom. The fourth-order valence-electron chi connectivity index (χ4n) is 4.54. The standard InChI is InChI=1S/C29H30N4O2S.ClH/c1-2-21-9-6-10-25-26(21)31-29(36-25)33-19-17-32(18-20-33)16-15-30-28(35)24-13-11-23(12-14-24)27(34)22-7-4-3-5-8-22;/h3-14H,2,15-20H2,1H3,(H,30,35);1H. The zero-order valence-corrected chi connectivity index (χ0v) is 22.5. The number of carbonyl (C=O) groups excluding carboxylic acids is 2. The fourth-order valence-corrected chi connectivity index (χ4v) is 5.60. The maximum atomic E-state index is 12.6. The molecule has 5 rings (SSSR count). The molecule has 3 aromatic carbocycles. The molecule has 1 aliphatic heterocycles. The number of hydrogen-bond donors (Lipinski definition) is 1. The average molecular weight is 535 g/mol. The number of hydrogen-bond acceptors (Lipinski definition) is 6. The molecule has 0 radical (unpaired) electrons. The number of ketones is 1. The highest BCUT2D eigenvalue weighted by molar-refractivity contribution is 7.22. The van der Waals surface area contributed by atoms with E-state index in [0.29, 0.717) is 23.2 Å². The molecule has 8 heteroatoms. The van der Waals surface area contributed by atoms with Crippen LogP contribution in [0.1, 0.15) is 38.8 Å². The third kappa shape index (κ3) is 6.18. The minimum Gasteiger partial charge on any atom is -0.351 e. The minimum absolute atomic E-state index is 0. The lowest BCUT2D eigenvalue weighted by molar-refractivity contribution is 0.0946. The summed E-state index contributed by atoms with van der Waals surface area (Å²) in [6.45, 7) is 7.34. The van der Waals surface area contributed by atoms with Crippen LogP contribution >= 0.6 is 23.7 Å².